The first-order chi connectivity index (χ1) is 12.5. The molecule has 2 bridgehead atoms. The van der Waals surface area contributed by atoms with Crippen LogP contribution in [0.4, 0.5) is 0 Å². The number of fused-ring (bicyclic) bond motifs is 2. The summed E-state index contributed by atoms with van der Waals surface area (Å²) in [4.78, 5) is 22.6. The largest absolute Gasteiger partial charge is 0.481 e. The minimum absolute atomic E-state index is 0.0714. The fourth-order valence-electron chi connectivity index (χ4n) is 4.14. The number of hydrazone groups is 1. The maximum atomic E-state index is 12.0. The van der Waals surface area contributed by atoms with Gasteiger partial charge in [-0.2, -0.15) is 5.10 Å². The molecule has 0 radical (unpaired) electrons. The topological polar surface area (TPSA) is 79.2 Å². The van der Waals surface area contributed by atoms with Crippen LogP contribution in [0.2, 0.25) is 0 Å². The minimum Gasteiger partial charge on any atom is -0.481 e. The first-order valence-corrected chi connectivity index (χ1v) is 10.2. The molecule has 2 aliphatic rings. The van der Waals surface area contributed by atoms with Crippen LogP contribution in [-0.2, 0) is 14.3 Å². The molecule has 6 heteroatoms. The van der Waals surface area contributed by atoms with Gasteiger partial charge in [0.15, 0.2) is 0 Å². The van der Waals surface area contributed by atoms with E-state index in [1.54, 1.807) is 7.05 Å². The van der Waals surface area contributed by atoms with Crippen LogP contribution in [0.1, 0.15) is 77.6 Å². The number of nitrogens with zero attached hydrogens (tertiary/aromatic N) is 2. The summed E-state index contributed by atoms with van der Waals surface area (Å²) in [7, 11) is 1.74. The summed E-state index contributed by atoms with van der Waals surface area (Å²) in [5.74, 6) is 0.146. The summed E-state index contributed by atoms with van der Waals surface area (Å²) in [6.07, 6.45) is 12.5. The number of hydrogen-bond acceptors (Lipinski definition) is 4. The van der Waals surface area contributed by atoms with Gasteiger partial charge in [-0.05, 0) is 38.0 Å². The molecule has 148 valence electrons. The number of carboxylic acid groups (broad SMARTS) is 1. The maximum absolute atomic E-state index is 12.0. The number of carbonyl (C=O) groups is 2. The fraction of sp³-hybridized carbons (Fsp3) is 0.850. The van der Waals surface area contributed by atoms with Gasteiger partial charge < -0.3 is 9.84 Å². The molecule has 2 fully saturated rings. The highest BCUT2D eigenvalue weighted by Gasteiger charge is 2.47. The molecule has 4 unspecified atom stereocenters. The monoisotopic (exact) mass is 366 g/mol. The minimum atomic E-state index is -0.708. The van der Waals surface area contributed by atoms with Crippen molar-refractivity contribution in [3.05, 3.63) is 0 Å². The molecule has 0 spiro atoms. The average Bonchev–Trinajstić information content (AvgIpc) is 3.21. The van der Waals surface area contributed by atoms with Crippen LogP contribution in [0.15, 0.2) is 5.10 Å². The van der Waals surface area contributed by atoms with Crippen molar-refractivity contribution in [1.82, 2.24) is 5.01 Å². The van der Waals surface area contributed by atoms with Gasteiger partial charge in [0, 0.05) is 32.0 Å². The quantitative estimate of drug-likeness (QED) is 0.323. The maximum Gasteiger partial charge on any atom is 0.303 e. The summed E-state index contributed by atoms with van der Waals surface area (Å²) in [6, 6.07) is 0. The zero-order valence-electron chi connectivity index (χ0n) is 16.2. The second-order valence-electron chi connectivity index (χ2n) is 7.66. The van der Waals surface area contributed by atoms with Crippen LogP contribution in [0, 0.1) is 11.8 Å². The average molecular weight is 367 g/mol. The molecule has 0 aromatic heterocycles. The number of ether oxygens (including phenoxy) is 1. The van der Waals surface area contributed by atoms with Crippen molar-refractivity contribution in [2.45, 2.75) is 89.8 Å². The Balaban J connectivity index is 1.77. The Morgan fingerprint density at radius 1 is 1.12 bits per heavy atom. The van der Waals surface area contributed by atoms with Crippen molar-refractivity contribution in [3.63, 3.8) is 0 Å². The van der Waals surface area contributed by atoms with Crippen LogP contribution < -0.4 is 0 Å². The van der Waals surface area contributed by atoms with E-state index in [2.05, 4.69) is 12.0 Å². The standard InChI is InChI=1S/C20H34N2O4/c1-3-4-10-19(23)22(2)21-14-16-15(17-12-13-18(16)26-17)9-7-5-6-8-11-20(24)25/h14-18H,3-13H2,1-2H3,(H,24,25)/b21-14+. The van der Waals surface area contributed by atoms with E-state index in [1.807, 2.05) is 6.21 Å². The number of carbonyl (C=O) groups excluding carboxylic acids is 1. The highest BCUT2D eigenvalue weighted by Crippen LogP contribution is 2.44. The highest BCUT2D eigenvalue weighted by molar-refractivity contribution is 5.77. The molecule has 2 aliphatic heterocycles. The van der Waals surface area contributed by atoms with Crippen molar-refractivity contribution in [2.24, 2.45) is 16.9 Å². The third-order valence-electron chi connectivity index (χ3n) is 5.68. The van der Waals surface area contributed by atoms with Crippen molar-refractivity contribution < 1.29 is 19.4 Å². The third-order valence-corrected chi connectivity index (χ3v) is 5.68. The van der Waals surface area contributed by atoms with E-state index >= 15 is 0 Å². The van der Waals surface area contributed by atoms with Crippen LogP contribution in [0.5, 0.6) is 0 Å². The van der Waals surface area contributed by atoms with Crippen LogP contribution in [0.3, 0.4) is 0 Å². The zero-order valence-corrected chi connectivity index (χ0v) is 16.2. The molecular formula is C20H34N2O4. The Morgan fingerprint density at radius 3 is 2.58 bits per heavy atom. The molecule has 6 nitrogen and oxygen atoms in total. The van der Waals surface area contributed by atoms with Gasteiger partial charge in [0.1, 0.15) is 0 Å². The van der Waals surface area contributed by atoms with Crippen molar-refractivity contribution in [3.8, 4) is 0 Å². The lowest BCUT2D eigenvalue weighted by Crippen LogP contribution is -2.30. The number of unbranched alkanes of at least 4 members (excludes halogenated alkanes) is 4. The molecule has 2 heterocycles. The third kappa shape index (κ3) is 6.08. The summed E-state index contributed by atoms with van der Waals surface area (Å²) < 4.78 is 6.09. The number of rotatable bonds is 12. The highest BCUT2D eigenvalue weighted by atomic mass is 16.5. The molecule has 4 atom stereocenters. The van der Waals surface area contributed by atoms with Gasteiger partial charge in [-0.1, -0.05) is 32.6 Å². The van der Waals surface area contributed by atoms with Crippen molar-refractivity contribution >= 4 is 18.1 Å². The van der Waals surface area contributed by atoms with E-state index < -0.39 is 5.97 Å². The van der Waals surface area contributed by atoms with Gasteiger partial charge in [0.05, 0.1) is 12.2 Å². The zero-order chi connectivity index (χ0) is 18.9. The number of aliphatic carboxylic acids is 1. The Labute approximate surface area is 157 Å². The molecule has 0 aromatic carbocycles. The second-order valence-corrected chi connectivity index (χ2v) is 7.66. The number of carboxylic acids is 1. The van der Waals surface area contributed by atoms with E-state index in [4.69, 9.17) is 9.84 Å². The summed E-state index contributed by atoms with van der Waals surface area (Å²) in [5.41, 5.74) is 0. The molecular weight excluding hydrogens is 332 g/mol. The van der Waals surface area contributed by atoms with Crippen molar-refractivity contribution in [2.75, 3.05) is 7.05 Å². The predicted molar refractivity (Wildman–Crippen MR) is 101 cm³/mol. The van der Waals surface area contributed by atoms with Gasteiger partial charge in [-0.15, -0.1) is 0 Å². The normalized spacial score (nSPS) is 27.3. The van der Waals surface area contributed by atoms with E-state index in [1.165, 1.54) is 5.01 Å². The lowest BCUT2D eigenvalue weighted by molar-refractivity contribution is -0.137. The Hall–Kier alpha value is -1.43. The van der Waals surface area contributed by atoms with Gasteiger partial charge in [0.2, 0.25) is 5.91 Å². The SMILES string of the molecule is CCCCC(=O)N(C)/N=C/C1C2CCC(O2)C1CCCCCCC(=O)O. The lowest BCUT2D eigenvalue weighted by Gasteiger charge is -2.25. The Bertz CT molecular complexity index is 494. The summed E-state index contributed by atoms with van der Waals surface area (Å²) in [6.45, 7) is 2.08. The van der Waals surface area contributed by atoms with Gasteiger partial charge >= 0.3 is 5.97 Å². The predicted octanol–water partition coefficient (Wildman–Crippen LogP) is 3.84. The van der Waals surface area contributed by atoms with Crippen LogP contribution in [0.25, 0.3) is 0 Å². The van der Waals surface area contributed by atoms with Crippen molar-refractivity contribution in [1.29, 1.82) is 0 Å². The Kier molecular flexibility index (Phi) is 8.55. The molecule has 0 aliphatic carbocycles. The summed E-state index contributed by atoms with van der Waals surface area (Å²) in [5, 5.41) is 14.6. The fourth-order valence-corrected chi connectivity index (χ4v) is 4.14. The van der Waals surface area contributed by atoms with Crippen LogP contribution in [-0.4, -0.2) is 47.5 Å². The number of amides is 1. The van der Waals surface area contributed by atoms with E-state index in [0.717, 1.165) is 57.8 Å². The first-order valence-electron chi connectivity index (χ1n) is 10.2. The van der Waals surface area contributed by atoms with Gasteiger partial charge in [-0.25, -0.2) is 5.01 Å². The van der Waals surface area contributed by atoms with Gasteiger partial charge in [-0.3, -0.25) is 9.59 Å². The Morgan fingerprint density at radius 2 is 1.85 bits per heavy atom. The molecule has 1 N–H and O–H groups in total. The molecule has 2 rings (SSSR count). The summed E-state index contributed by atoms with van der Waals surface area (Å²) >= 11 is 0. The smallest absolute Gasteiger partial charge is 0.303 e. The lowest BCUT2D eigenvalue weighted by atomic mass is 9.77. The molecule has 0 aromatic rings. The molecule has 1 amide bonds. The molecule has 26 heavy (non-hydrogen) atoms. The van der Waals surface area contributed by atoms with E-state index in [0.29, 0.717) is 24.4 Å². The first kappa shape index (κ1) is 20.9. The molecule has 0 saturated carbocycles. The second kappa shape index (κ2) is 10.7. The number of hydrogen-bond donors (Lipinski definition) is 1. The molecule has 2 saturated heterocycles. The van der Waals surface area contributed by atoms with Gasteiger partial charge in [0.25, 0.3) is 0 Å². The van der Waals surface area contributed by atoms with E-state index in [-0.39, 0.29) is 18.4 Å². The van der Waals surface area contributed by atoms with E-state index in [9.17, 15) is 9.59 Å². The van der Waals surface area contributed by atoms with Crippen LogP contribution >= 0.6 is 0 Å².